The van der Waals surface area contributed by atoms with Crippen molar-refractivity contribution in [2.24, 2.45) is 0 Å². The van der Waals surface area contributed by atoms with Crippen molar-refractivity contribution in [3.63, 3.8) is 0 Å². The molecule has 6 heteroatoms. The average Bonchev–Trinajstić information content (AvgIpc) is 2.68. The summed E-state index contributed by atoms with van der Waals surface area (Å²) in [5, 5.41) is 25.5. The Balaban J connectivity index is -0.000000489. The number of quaternary nitrogens is 1. The Hall–Kier alpha value is 0.280. The molecular formula is C22H51BrN2O3. The van der Waals surface area contributed by atoms with E-state index >= 15 is 0 Å². The van der Waals surface area contributed by atoms with E-state index in [9.17, 15) is 0 Å². The van der Waals surface area contributed by atoms with E-state index in [1.165, 1.54) is 82.0 Å². The molecule has 5 nitrogen and oxygen atoms in total. The van der Waals surface area contributed by atoms with Crippen LogP contribution < -0.4 is 17.0 Å². The summed E-state index contributed by atoms with van der Waals surface area (Å²) in [5.74, 6) is 0. The van der Waals surface area contributed by atoms with Crippen molar-refractivity contribution >= 4 is 0 Å². The summed E-state index contributed by atoms with van der Waals surface area (Å²) in [5.41, 5.74) is 0. The third-order valence-corrected chi connectivity index (χ3v) is 5.19. The monoisotopic (exact) mass is 470 g/mol. The van der Waals surface area contributed by atoms with Gasteiger partial charge in [0.15, 0.2) is 0 Å². The number of hydrogen-bond acceptors (Lipinski definition) is 4. The van der Waals surface area contributed by atoms with Crippen LogP contribution in [0.5, 0.6) is 0 Å². The Bertz CT molecular complexity index is 233. The highest BCUT2D eigenvalue weighted by atomic mass is 79.9. The number of rotatable bonds is 18. The number of aliphatic hydroxyl groups excluding tert-OH is 3. The third kappa shape index (κ3) is 19.6. The van der Waals surface area contributed by atoms with E-state index in [-0.39, 0.29) is 36.8 Å². The molecule has 0 aromatic heterocycles. The van der Waals surface area contributed by atoms with Crippen molar-refractivity contribution in [2.45, 2.75) is 79.1 Å². The van der Waals surface area contributed by atoms with E-state index in [1.54, 1.807) is 4.90 Å². The van der Waals surface area contributed by atoms with Crippen LogP contribution >= 0.6 is 0 Å². The van der Waals surface area contributed by atoms with Crippen molar-refractivity contribution in [3.05, 3.63) is 0 Å². The Morgan fingerprint density at radius 1 is 0.536 bits per heavy atom. The molecular weight excluding hydrogens is 420 g/mol. The second kappa shape index (κ2) is 25.3. The largest absolute Gasteiger partial charge is 1.00 e. The summed E-state index contributed by atoms with van der Waals surface area (Å²) in [6.45, 7) is 16.8. The SMILES string of the molecule is CCCC[N+](CCCC)(CCCC)CCCC.OCCN(CCO)CCO.[Br-]. The van der Waals surface area contributed by atoms with Crippen molar-refractivity contribution in [1.29, 1.82) is 0 Å². The zero-order chi connectivity index (χ0) is 20.8. The first-order valence-electron chi connectivity index (χ1n) is 11.5. The molecule has 0 saturated carbocycles. The predicted molar refractivity (Wildman–Crippen MR) is 117 cm³/mol. The molecule has 28 heavy (non-hydrogen) atoms. The number of unbranched alkanes of at least 4 members (excludes halogenated alkanes) is 4. The van der Waals surface area contributed by atoms with Gasteiger partial charge in [-0.05, 0) is 25.7 Å². The predicted octanol–water partition coefficient (Wildman–Crippen LogP) is 0.273. The zero-order valence-corrected chi connectivity index (χ0v) is 20.9. The molecule has 0 atom stereocenters. The Labute approximate surface area is 186 Å². The summed E-state index contributed by atoms with van der Waals surface area (Å²) in [4.78, 5) is 1.79. The van der Waals surface area contributed by atoms with Gasteiger partial charge < -0.3 is 36.8 Å². The summed E-state index contributed by atoms with van der Waals surface area (Å²) < 4.78 is 1.42. The first kappa shape index (κ1) is 32.9. The van der Waals surface area contributed by atoms with Gasteiger partial charge in [-0.2, -0.15) is 0 Å². The van der Waals surface area contributed by atoms with E-state index in [1.807, 2.05) is 0 Å². The maximum atomic E-state index is 8.48. The number of nitrogens with zero attached hydrogens (tertiary/aromatic N) is 2. The maximum absolute atomic E-state index is 8.48. The molecule has 0 bridgehead atoms. The highest BCUT2D eigenvalue weighted by Crippen LogP contribution is 2.16. The van der Waals surface area contributed by atoms with Gasteiger partial charge in [-0.15, -0.1) is 0 Å². The Kier molecular flexibility index (Phi) is 29.8. The first-order valence-corrected chi connectivity index (χ1v) is 11.5. The molecule has 0 heterocycles. The second-order valence-corrected chi connectivity index (χ2v) is 7.66. The lowest BCUT2D eigenvalue weighted by atomic mass is 10.1. The molecule has 0 rings (SSSR count). The lowest BCUT2D eigenvalue weighted by molar-refractivity contribution is -0.929. The molecule has 0 aromatic carbocycles. The van der Waals surface area contributed by atoms with Gasteiger partial charge in [-0.3, -0.25) is 4.90 Å². The van der Waals surface area contributed by atoms with E-state index < -0.39 is 0 Å². The molecule has 0 unspecified atom stereocenters. The third-order valence-electron chi connectivity index (χ3n) is 5.19. The summed E-state index contributed by atoms with van der Waals surface area (Å²) in [6, 6.07) is 0. The summed E-state index contributed by atoms with van der Waals surface area (Å²) in [7, 11) is 0. The van der Waals surface area contributed by atoms with Gasteiger partial charge in [-0.25, -0.2) is 0 Å². The van der Waals surface area contributed by atoms with Crippen LogP contribution in [-0.2, 0) is 0 Å². The van der Waals surface area contributed by atoms with Crippen LogP contribution in [0, 0.1) is 0 Å². The van der Waals surface area contributed by atoms with Crippen LogP contribution in [0.1, 0.15) is 79.1 Å². The van der Waals surface area contributed by atoms with Gasteiger partial charge >= 0.3 is 0 Å². The fourth-order valence-corrected chi connectivity index (χ4v) is 3.40. The minimum absolute atomic E-state index is 0. The molecule has 0 aromatic rings. The summed E-state index contributed by atoms with van der Waals surface area (Å²) in [6.07, 6.45) is 11.1. The van der Waals surface area contributed by atoms with Gasteiger partial charge in [0, 0.05) is 19.6 Å². The lowest BCUT2D eigenvalue weighted by Crippen LogP contribution is -3.00. The van der Waals surface area contributed by atoms with Crippen LogP contribution in [0.15, 0.2) is 0 Å². The molecule has 3 N–H and O–H groups in total. The molecule has 0 saturated heterocycles. The quantitative estimate of drug-likeness (QED) is 0.251. The maximum Gasteiger partial charge on any atom is 0.0786 e. The normalized spacial score (nSPS) is 11.1. The molecule has 0 aliphatic carbocycles. The Morgan fingerprint density at radius 2 is 0.786 bits per heavy atom. The molecule has 0 aliphatic heterocycles. The van der Waals surface area contributed by atoms with Crippen molar-refractivity contribution in [1.82, 2.24) is 4.90 Å². The Morgan fingerprint density at radius 3 is 0.964 bits per heavy atom. The molecule has 0 fully saturated rings. The van der Waals surface area contributed by atoms with Crippen molar-refractivity contribution < 1.29 is 36.8 Å². The highest BCUT2D eigenvalue weighted by molar-refractivity contribution is 4.54. The zero-order valence-electron chi connectivity index (χ0n) is 19.3. The van der Waals surface area contributed by atoms with E-state index in [2.05, 4.69) is 27.7 Å². The van der Waals surface area contributed by atoms with Gasteiger partial charge in [0.25, 0.3) is 0 Å². The number of halogens is 1. The van der Waals surface area contributed by atoms with Gasteiger partial charge in [0.1, 0.15) is 0 Å². The van der Waals surface area contributed by atoms with Gasteiger partial charge in [0.2, 0.25) is 0 Å². The molecule has 0 spiro atoms. The van der Waals surface area contributed by atoms with Crippen LogP contribution in [-0.4, -0.2) is 90.3 Å². The van der Waals surface area contributed by atoms with Crippen LogP contribution in [0.2, 0.25) is 0 Å². The molecule has 0 aliphatic rings. The van der Waals surface area contributed by atoms with Crippen molar-refractivity contribution in [3.8, 4) is 0 Å². The van der Waals surface area contributed by atoms with Gasteiger partial charge in [-0.1, -0.05) is 53.4 Å². The smallest absolute Gasteiger partial charge is 0.0786 e. The first-order chi connectivity index (χ1) is 13.1. The second-order valence-electron chi connectivity index (χ2n) is 7.66. The van der Waals surface area contributed by atoms with Crippen LogP contribution in [0.4, 0.5) is 0 Å². The van der Waals surface area contributed by atoms with Crippen LogP contribution in [0.3, 0.4) is 0 Å². The fraction of sp³-hybridized carbons (Fsp3) is 1.00. The average molecular weight is 472 g/mol. The molecule has 174 valence electrons. The lowest BCUT2D eigenvalue weighted by Gasteiger charge is -2.39. The fourth-order valence-electron chi connectivity index (χ4n) is 3.40. The minimum Gasteiger partial charge on any atom is -1.00 e. The standard InChI is InChI=1S/C16H36N.C6H15NO3.BrH/c1-5-9-13-17(14-10-6-2,15-11-7-3)16-12-8-4;8-4-1-7(2-5-9)3-6-10;/h5-16H2,1-4H3;8-10H,1-6H2;1H/q+1;;/p-1. The summed E-state index contributed by atoms with van der Waals surface area (Å²) >= 11 is 0. The van der Waals surface area contributed by atoms with Crippen LogP contribution in [0.25, 0.3) is 0 Å². The van der Waals surface area contributed by atoms with Crippen molar-refractivity contribution in [2.75, 3.05) is 65.6 Å². The minimum atomic E-state index is 0. The van der Waals surface area contributed by atoms with Gasteiger partial charge in [0.05, 0.1) is 46.0 Å². The molecule has 0 radical (unpaired) electrons. The molecule has 0 amide bonds. The van der Waals surface area contributed by atoms with E-state index in [0.717, 1.165) is 0 Å². The van der Waals surface area contributed by atoms with E-state index in [0.29, 0.717) is 19.6 Å². The number of hydrogen-bond donors (Lipinski definition) is 3. The topological polar surface area (TPSA) is 63.9 Å². The van der Waals surface area contributed by atoms with E-state index in [4.69, 9.17) is 15.3 Å². The number of aliphatic hydroxyl groups is 3. The highest BCUT2D eigenvalue weighted by Gasteiger charge is 2.24.